The van der Waals surface area contributed by atoms with Crippen LogP contribution in [-0.4, -0.2) is 34.9 Å². The van der Waals surface area contributed by atoms with Gasteiger partial charge in [0.05, 0.1) is 5.75 Å². The first-order chi connectivity index (χ1) is 8.76. The minimum absolute atomic E-state index is 0.0618. The molecule has 1 aromatic heterocycles. The summed E-state index contributed by atoms with van der Waals surface area (Å²) < 4.78 is 0.833. The topological polar surface area (TPSA) is 66.9 Å². The Balaban J connectivity index is 2.21. The Morgan fingerprint density at radius 1 is 1.28 bits per heavy atom. The minimum atomic E-state index is 0.0618. The van der Waals surface area contributed by atoms with Gasteiger partial charge in [0, 0.05) is 13.1 Å². The average molecular weight is 288 g/mol. The summed E-state index contributed by atoms with van der Waals surface area (Å²) in [4.78, 5) is 11.5. The van der Waals surface area contributed by atoms with Crippen LogP contribution in [0.4, 0.5) is 5.13 Å². The minimum Gasteiger partial charge on any atom is -0.360 e. The fraction of sp³-hybridized carbons (Fsp3) is 0.727. The Morgan fingerprint density at radius 2 is 2.11 bits per heavy atom. The second-order valence-electron chi connectivity index (χ2n) is 3.79. The van der Waals surface area contributed by atoms with E-state index in [1.165, 1.54) is 23.1 Å². The van der Waals surface area contributed by atoms with Crippen molar-refractivity contribution in [1.29, 1.82) is 0 Å². The molecule has 0 aliphatic carbocycles. The van der Waals surface area contributed by atoms with Gasteiger partial charge in [-0.05, 0) is 12.8 Å². The Hall–Kier alpha value is -0.820. The summed E-state index contributed by atoms with van der Waals surface area (Å²) in [6, 6.07) is 0. The Bertz CT molecular complexity index is 357. The van der Waals surface area contributed by atoms with Gasteiger partial charge in [-0.3, -0.25) is 4.79 Å². The SMILES string of the molecule is CCCCNC(=O)CSc1nnc(NCCC)s1. The first kappa shape index (κ1) is 15.2. The van der Waals surface area contributed by atoms with Crippen LogP contribution in [-0.2, 0) is 4.79 Å². The highest BCUT2D eigenvalue weighted by Crippen LogP contribution is 2.25. The maximum absolute atomic E-state index is 11.5. The van der Waals surface area contributed by atoms with E-state index in [0.717, 1.165) is 41.8 Å². The zero-order chi connectivity index (χ0) is 13.2. The molecular weight excluding hydrogens is 268 g/mol. The third-order valence-corrected chi connectivity index (χ3v) is 4.13. The lowest BCUT2D eigenvalue weighted by molar-refractivity contribution is -0.118. The fourth-order valence-corrected chi connectivity index (χ4v) is 2.76. The smallest absolute Gasteiger partial charge is 0.230 e. The monoisotopic (exact) mass is 288 g/mol. The molecule has 0 saturated heterocycles. The number of unbranched alkanes of at least 4 members (excludes halogenated alkanes) is 1. The largest absolute Gasteiger partial charge is 0.360 e. The molecule has 0 spiro atoms. The predicted molar refractivity (Wildman–Crippen MR) is 77.3 cm³/mol. The highest BCUT2D eigenvalue weighted by Gasteiger charge is 2.07. The molecule has 1 amide bonds. The highest BCUT2D eigenvalue weighted by atomic mass is 32.2. The number of hydrogen-bond acceptors (Lipinski definition) is 6. The van der Waals surface area contributed by atoms with Gasteiger partial charge < -0.3 is 10.6 Å². The van der Waals surface area contributed by atoms with E-state index in [2.05, 4.69) is 34.7 Å². The first-order valence-corrected chi connectivity index (χ1v) is 8.03. The van der Waals surface area contributed by atoms with Crippen molar-refractivity contribution in [3.63, 3.8) is 0 Å². The van der Waals surface area contributed by atoms with Crippen molar-refractivity contribution >= 4 is 34.1 Å². The summed E-state index contributed by atoms with van der Waals surface area (Å²) in [6.07, 6.45) is 3.18. The standard InChI is InChI=1S/C11H20N4OS2/c1-3-5-7-12-9(16)8-17-11-15-14-10(18-11)13-6-4-2/h3-8H2,1-2H3,(H,12,16)(H,13,14). The number of rotatable bonds is 9. The quantitative estimate of drug-likeness (QED) is 0.539. The number of anilines is 1. The second kappa shape index (κ2) is 9.16. The number of nitrogens with one attached hydrogen (secondary N) is 2. The van der Waals surface area contributed by atoms with Crippen molar-refractivity contribution in [2.75, 3.05) is 24.2 Å². The van der Waals surface area contributed by atoms with Gasteiger partial charge in [-0.15, -0.1) is 10.2 Å². The summed E-state index contributed by atoms with van der Waals surface area (Å²) in [5, 5.41) is 14.9. The predicted octanol–water partition coefficient (Wildman–Crippen LogP) is 2.37. The van der Waals surface area contributed by atoms with Crippen molar-refractivity contribution in [2.24, 2.45) is 0 Å². The molecule has 1 heterocycles. The van der Waals surface area contributed by atoms with Crippen LogP contribution in [0, 0.1) is 0 Å². The molecule has 0 saturated carbocycles. The molecule has 0 unspecified atom stereocenters. The van der Waals surface area contributed by atoms with E-state index < -0.39 is 0 Å². The highest BCUT2D eigenvalue weighted by molar-refractivity contribution is 8.01. The van der Waals surface area contributed by atoms with Crippen molar-refractivity contribution in [3.8, 4) is 0 Å². The lowest BCUT2D eigenvalue weighted by Gasteiger charge is -2.01. The van der Waals surface area contributed by atoms with Gasteiger partial charge in [0.1, 0.15) is 0 Å². The summed E-state index contributed by atoms with van der Waals surface area (Å²) in [5.74, 6) is 0.471. The van der Waals surface area contributed by atoms with Gasteiger partial charge in [-0.2, -0.15) is 0 Å². The first-order valence-electron chi connectivity index (χ1n) is 6.23. The van der Waals surface area contributed by atoms with Gasteiger partial charge in [0.2, 0.25) is 11.0 Å². The molecule has 0 aromatic carbocycles. The van der Waals surface area contributed by atoms with Crippen LogP contribution >= 0.6 is 23.1 Å². The number of carbonyl (C=O) groups excluding carboxylic acids is 1. The van der Waals surface area contributed by atoms with E-state index in [1.807, 2.05) is 0 Å². The van der Waals surface area contributed by atoms with E-state index in [-0.39, 0.29) is 5.91 Å². The van der Waals surface area contributed by atoms with Crippen LogP contribution in [0.3, 0.4) is 0 Å². The van der Waals surface area contributed by atoms with E-state index in [0.29, 0.717) is 5.75 Å². The molecule has 0 fully saturated rings. The number of amides is 1. The van der Waals surface area contributed by atoms with Crippen LogP contribution in [0.5, 0.6) is 0 Å². The molecule has 18 heavy (non-hydrogen) atoms. The Morgan fingerprint density at radius 3 is 2.83 bits per heavy atom. The number of carbonyl (C=O) groups is 1. The van der Waals surface area contributed by atoms with Gasteiger partial charge in [-0.25, -0.2) is 0 Å². The lowest BCUT2D eigenvalue weighted by Crippen LogP contribution is -2.25. The third kappa shape index (κ3) is 6.20. The lowest BCUT2D eigenvalue weighted by atomic mass is 10.3. The molecule has 0 aliphatic heterocycles. The fourth-order valence-electron chi connectivity index (χ4n) is 1.15. The number of nitrogens with zero attached hydrogens (tertiary/aromatic N) is 2. The van der Waals surface area contributed by atoms with Crippen molar-refractivity contribution in [3.05, 3.63) is 0 Å². The normalized spacial score (nSPS) is 10.3. The van der Waals surface area contributed by atoms with E-state index in [9.17, 15) is 4.79 Å². The average Bonchev–Trinajstić information content (AvgIpc) is 2.82. The maximum Gasteiger partial charge on any atom is 0.230 e. The third-order valence-electron chi connectivity index (χ3n) is 2.11. The summed E-state index contributed by atoms with van der Waals surface area (Å²) in [6.45, 7) is 5.86. The number of hydrogen-bond donors (Lipinski definition) is 2. The van der Waals surface area contributed by atoms with Crippen molar-refractivity contribution in [1.82, 2.24) is 15.5 Å². The number of aromatic nitrogens is 2. The number of thioether (sulfide) groups is 1. The van der Waals surface area contributed by atoms with Crippen LogP contribution in [0.15, 0.2) is 4.34 Å². The molecule has 0 atom stereocenters. The van der Waals surface area contributed by atoms with Crippen molar-refractivity contribution in [2.45, 2.75) is 37.4 Å². The van der Waals surface area contributed by atoms with Crippen LogP contribution in [0.25, 0.3) is 0 Å². The van der Waals surface area contributed by atoms with Crippen molar-refractivity contribution < 1.29 is 4.79 Å². The van der Waals surface area contributed by atoms with Gasteiger partial charge in [0.15, 0.2) is 4.34 Å². The molecule has 2 N–H and O–H groups in total. The maximum atomic E-state index is 11.5. The molecule has 0 bridgehead atoms. The summed E-state index contributed by atoms with van der Waals surface area (Å²) >= 11 is 2.93. The molecule has 7 heteroatoms. The summed E-state index contributed by atoms with van der Waals surface area (Å²) in [7, 11) is 0. The van der Waals surface area contributed by atoms with Gasteiger partial charge in [0.25, 0.3) is 0 Å². The summed E-state index contributed by atoms with van der Waals surface area (Å²) in [5.41, 5.74) is 0. The molecule has 0 aliphatic rings. The zero-order valence-electron chi connectivity index (χ0n) is 10.9. The Labute approximate surface area is 116 Å². The van der Waals surface area contributed by atoms with Gasteiger partial charge in [-0.1, -0.05) is 43.4 Å². The Kier molecular flexibility index (Phi) is 7.75. The molecular formula is C11H20N4OS2. The van der Waals surface area contributed by atoms with E-state index in [1.54, 1.807) is 0 Å². The molecule has 1 rings (SSSR count). The molecule has 1 aromatic rings. The van der Waals surface area contributed by atoms with E-state index in [4.69, 9.17) is 0 Å². The van der Waals surface area contributed by atoms with E-state index >= 15 is 0 Å². The molecule has 102 valence electrons. The zero-order valence-corrected chi connectivity index (χ0v) is 12.5. The van der Waals surface area contributed by atoms with Crippen LogP contribution in [0.1, 0.15) is 33.1 Å². The molecule has 0 radical (unpaired) electrons. The van der Waals surface area contributed by atoms with Crippen LogP contribution < -0.4 is 10.6 Å². The molecule has 5 nitrogen and oxygen atoms in total. The van der Waals surface area contributed by atoms with Crippen LogP contribution in [0.2, 0.25) is 0 Å². The second-order valence-corrected chi connectivity index (χ2v) is 5.99. The van der Waals surface area contributed by atoms with Gasteiger partial charge >= 0.3 is 0 Å².